The SMILES string of the molecule is CC/C=C\C/C=C\C/C=C\C/C=C\C/C=C\C/C=C\C/C=C\C/C=C\C/C=C\C/C=C\CCCCCCC(=O)OC(COC(=O)CCCCCCCCCCCCCCCCCCCCCCCCCCCCCCCCCCCCCCC)COP(=O)(O)OCCN. The fourth-order valence-corrected chi connectivity index (χ4v) is 11.9. The Labute approximate surface area is 574 Å². The van der Waals surface area contributed by atoms with E-state index in [4.69, 9.17) is 24.3 Å². The molecule has 0 amide bonds. The van der Waals surface area contributed by atoms with Crippen LogP contribution in [0.2, 0.25) is 0 Å². The number of phosphoric acid groups is 1. The van der Waals surface area contributed by atoms with Gasteiger partial charge in [-0.25, -0.2) is 4.57 Å². The molecule has 0 saturated carbocycles. The number of hydrogen-bond acceptors (Lipinski definition) is 8. The molecule has 0 aromatic heterocycles. The van der Waals surface area contributed by atoms with Crippen LogP contribution in [0.25, 0.3) is 0 Å². The standard InChI is InChI=1S/C83H146NO8P/c1-3-5-7-9-11-13-15-17-19-21-23-25-27-29-31-33-35-37-39-40-42-43-45-47-49-51-53-55-57-59-61-63-65-67-69-71-73-75-82(85)89-79-81(80-91-93(87,88)90-78-77-84)92-83(86)76-74-72-70-68-66-64-62-60-58-56-54-52-50-48-46-44-41-38-36-34-32-30-28-26-24-22-20-18-16-14-12-10-8-6-4-2/h6,8,12,14,18,20,24,26,30,32,36,38,44,46,50,52,56,58,62,64,81H,3-5,7,9-11,13,15-17,19,21-23,25,27-29,31,33-35,37,39-43,45,47-49,51,53-55,57,59-61,63,65-80,84H2,1-2H3,(H,87,88)/b8-6-,14-12-,20-18-,26-24-,32-30-,38-36-,46-44-,52-50-,58-56-,64-62-. The van der Waals surface area contributed by atoms with Crippen molar-refractivity contribution < 1.29 is 37.6 Å². The molecular weight excluding hydrogens is 1170 g/mol. The van der Waals surface area contributed by atoms with Crippen molar-refractivity contribution in [2.75, 3.05) is 26.4 Å². The van der Waals surface area contributed by atoms with Crippen LogP contribution in [-0.2, 0) is 32.7 Å². The second-order valence-corrected chi connectivity index (χ2v) is 27.3. The Morgan fingerprint density at radius 2 is 0.591 bits per heavy atom. The Kier molecular flexibility index (Phi) is 74.4. The molecule has 2 unspecified atom stereocenters. The molecule has 0 rings (SSSR count). The summed E-state index contributed by atoms with van der Waals surface area (Å²) in [7, 11) is -4.41. The van der Waals surface area contributed by atoms with Gasteiger partial charge in [-0.15, -0.1) is 0 Å². The maximum absolute atomic E-state index is 12.8. The third kappa shape index (κ3) is 77.3. The number of unbranched alkanes of at least 4 members (excludes halogenated alkanes) is 40. The largest absolute Gasteiger partial charge is 0.472 e. The molecule has 0 saturated heterocycles. The first-order valence-electron chi connectivity index (χ1n) is 39.0. The third-order valence-electron chi connectivity index (χ3n) is 16.9. The highest BCUT2D eigenvalue weighted by Gasteiger charge is 2.26. The highest BCUT2D eigenvalue weighted by molar-refractivity contribution is 7.47. The Morgan fingerprint density at radius 1 is 0.333 bits per heavy atom. The van der Waals surface area contributed by atoms with Crippen LogP contribution in [-0.4, -0.2) is 49.3 Å². The summed E-state index contributed by atoms with van der Waals surface area (Å²) in [5.41, 5.74) is 5.41. The van der Waals surface area contributed by atoms with E-state index in [0.29, 0.717) is 6.42 Å². The zero-order chi connectivity index (χ0) is 67.2. The van der Waals surface area contributed by atoms with Gasteiger partial charge in [0.2, 0.25) is 0 Å². The van der Waals surface area contributed by atoms with Crippen molar-refractivity contribution in [2.45, 2.75) is 367 Å². The summed E-state index contributed by atoms with van der Waals surface area (Å²) in [4.78, 5) is 35.4. The van der Waals surface area contributed by atoms with Gasteiger partial charge in [-0.05, 0) is 89.9 Å². The average molecular weight is 1320 g/mol. The van der Waals surface area contributed by atoms with Crippen LogP contribution in [0.15, 0.2) is 122 Å². The van der Waals surface area contributed by atoms with Gasteiger partial charge in [0.25, 0.3) is 0 Å². The molecule has 0 aliphatic heterocycles. The van der Waals surface area contributed by atoms with E-state index in [9.17, 15) is 19.0 Å². The third-order valence-corrected chi connectivity index (χ3v) is 17.8. The number of esters is 2. The summed E-state index contributed by atoms with van der Waals surface area (Å²) < 4.78 is 33.2. The van der Waals surface area contributed by atoms with Crippen molar-refractivity contribution >= 4 is 19.8 Å². The van der Waals surface area contributed by atoms with Crippen LogP contribution >= 0.6 is 7.82 Å². The summed E-state index contributed by atoms with van der Waals surface area (Å²) in [6, 6.07) is 0. The Morgan fingerprint density at radius 3 is 0.882 bits per heavy atom. The van der Waals surface area contributed by atoms with Gasteiger partial charge in [0.1, 0.15) is 6.61 Å². The fraction of sp³-hybridized carbons (Fsp3) is 0.735. The highest BCUT2D eigenvalue weighted by atomic mass is 31.2. The molecule has 536 valence electrons. The number of ether oxygens (including phenoxy) is 2. The van der Waals surface area contributed by atoms with Gasteiger partial charge >= 0.3 is 19.8 Å². The van der Waals surface area contributed by atoms with E-state index in [1.54, 1.807) is 0 Å². The normalized spacial score (nSPS) is 13.5. The minimum Gasteiger partial charge on any atom is -0.462 e. The molecule has 0 spiro atoms. The molecule has 10 heteroatoms. The van der Waals surface area contributed by atoms with Crippen molar-refractivity contribution in [3.63, 3.8) is 0 Å². The van der Waals surface area contributed by atoms with Gasteiger partial charge in [0, 0.05) is 19.4 Å². The van der Waals surface area contributed by atoms with Crippen LogP contribution in [0.3, 0.4) is 0 Å². The number of allylic oxidation sites excluding steroid dienone is 20. The van der Waals surface area contributed by atoms with Gasteiger partial charge in [-0.3, -0.25) is 18.6 Å². The van der Waals surface area contributed by atoms with Crippen molar-refractivity contribution in [1.29, 1.82) is 0 Å². The number of nitrogens with two attached hydrogens (primary N) is 1. The summed E-state index contributed by atoms with van der Waals surface area (Å²) in [6.07, 6.45) is 109. The molecule has 9 nitrogen and oxygen atoms in total. The number of carbonyl (C=O) groups is 2. The lowest BCUT2D eigenvalue weighted by atomic mass is 10.0. The molecule has 0 bridgehead atoms. The fourth-order valence-electron chi connectivity index (χ4n) is 11.1. The smallest absolute Gasteiger partial charge is 0.462 e. The van der Waals surface area contributed by atoms with Gasteiger partial charge < -0.3 is 20.1 Å². The van der Waals surface area contributed by atoms with Crippen molar-refractivity contribution in [3.8, 4) is 0 Å². The molecule has 0 fully saturated rings. The van der Waals surface area contributed by atoms with Crippen LogP contribution in [0.1, 0.15) is 361 Å². The molecule has 3 N–H and O–H groups in total. The molecule has 0 aliphatic carbocycles. The Balaban J connectivity index is 3.89. The average Bonchev–Trinajstić information content (AvgIpc) is 3.70. The molecule has 0 heterocycles. The predicted octanol–water partition coefficient (Wildman–Crippen LogP) is 26.2. The van der Waals surface area contributed by atoms with Crippen LogP contribution < -0.4 is 5.73 Å². The minimum atomic E-state index is -4.41. The molecule has 93 heavy (non-hydrogen) atoms. The first-order valence-corrected chi connectivity index (χ1v) is 40.5. The molecular formula is C83H146NO8P. The topological polar surface area (TPSA) is 134 Å². The summed E-state index contributed by atoms with van der Waals surface area (Å²) >= 11 is 0. The predicted molar refractivity (Wildman–Crippen MR) is 404 cm³/mol. The first-order chi connectivity index (χ1) is 45.8. The van der Waals surface area contributed by atoms with E-state index >= 15 is 0 Å². The zero-order valence-corrected chi connectivity index (χ0v) is 61.4. The van der Waals surface area contributed by atoms with Gasteiger partial charge in [-0.2, -0.15) is 0 Å². The first kappa shape index (κ1) is 89.4. The lowest BCUT2D eigenvalue weighted by Crippen LogP contribution is -2.29. The number of carbonyl (C=O) groups excluding carboxylic acids is 2. The molecule has 0 aromatic rings. The van der Waals surface area contributed by atoms with E-state index < -0.39 is 26.5 Å². The van der Waals surface area contributed by atoms with Gasteiger partial charge in [0.15, 0.2) is 6.10 Å². The van der Waals surface area contributed by atoms with Crippen LogP contribution in [0.4, 0.5) is 0 Å². The van der Waals surface area contributed by atoms with E-state index in [0.717, 1.165) is 109 Å². The Hall–Kier alpha value is -3.59. The van der Waals surface area contributed by atoms with E-state index in [1.807, 2.05) is 0 Å². The van der Waals surface area contributed by atoms with Crippen molar-refractivity contribution in [2.24, 2.45) is 5.73 Å². The van der Waals surface area contributed by atoms with Crippen molar-refractivity contribution in [1.82, 2.24) is 0 Å². The second kappa shape index (κ2) is 77.4. The maximum Gasteiger partial charge on any atom is 0.472 e. The zero-order valence-electron chi connectivity index (χ0n) is 60.5. The maximum atomic E-state index is 12.8. The van der Waals surface area contributed by atoms with E-state index in [2.05, 4.69) is 135 Å². The molecule has 0 radical (unpaired) electrons. The van der Waals surface area contributed by atoms with Gasteiger partial charge in [-0.1, -0.05) is 379 Å². The molecule has 0 aromatic carbocycles. The van der Waals surface area contributed by atoms with E-state index in [1.165, 1.54) is 218 Å². The Bertz CT molecular complexity index is 1950. The molecule has 0 aliphatic rings. The summed E-state index contributed by atoms with van der Waals surface area (Å²) in [5, 5.41) is 0. The van der Waals surface area contributed by atoms with E-state index in [-0.39, 0.29) is 38.6 Å². The lowest BCUT2D eigenvalue weighted by molar-refractivity contribution is -0.161. The van der Waals surface area contributed by atoms with Crippen LogP contribution in [0, 0.1) is 0 Å². The summed E-state index contributed by atoms with van der Waals surface area (Å²) in [5.74, 6) is -0.851. The number of rotatable bonds is 73. The lowest BCUT2D eigenvalue weighted by Gasteiger charge is -2.19. The number of hydrogen-bond donors (Lipinski definition) is 2. The van der Waals surface area contributed by atoms with Crippen LogP contribution in [0.5, 0.6) is 0 Å². The quantitative estimate of drug-likeness (QED) is 0.0264. The second-order valence-electron chi connectivity index (χ2n) is 25.9. The monoisotopic (exact) mass is 1320 g/mol. The van der Waals surface area contributed by atoms with Crippen molar-refractivity contribution in [3.05, 3.63) is 122 Å². The summed E-state index contributed by atoms with van der Waals surface area (Å²) in [6.45, 7) is 3.64. The minimum absolute atomic E-state index is 0.0442. The molecule has 2 atom stereocenters. The number of phosphoric ester groups is 1. The van der Waals surface area contributed by atoms with Gasteiger partial charge in [0.05, 0.1) is 13.2 Å². The highest BCUT2D eigenvalue weighted by Crippen LogP contribution is 2.43.